The molecule has 1 atom stereocenters. The summed E-state index contributed by atoms with van der Waals surface area (Å²) in [7, 11) is 0. The van der Waals surface area contributed by atoms with E-state index < -0.39 is 5.25 Å². The van der Waals surface area contributed by atoms with E-state index in [0.717, 1.165) is 4.90 Å². The molecule has 0 aliphatic heterocycles. The van der Waals surface area contributed by atoms with Crippen LogP contribution in [0.4, 0.5) is 15.8 Å². The first kappa shape index (κ1) is 22.2. The summed E-state index contributed by atoms with van der Waals surface area (Å²) in [5.74, 6) is -0.941. The summed E-state index contributed by atoms with van der Waals surface area (Å²) >= 11 is 13.3. The molecule has 3 aromatic rings. The van der Waals surface area contributed by atoms with Gasteiger partial charge in [-0.15, -0.1) is 11.8 Å². The van der Waals surface area contributed by atoms with Crippen molar-refractivity contribution in [3.05, 3.63) is 88.2 Å². The molecule has 0 aliphatic carbocycles. The van der Waals surface area contributed by atoms with E-state index in [0.29, 0.717) is 22.0 Å². The van der Waals surface area contributed by atoms with Gasteiger partial charge in [-0.25, -0.2) is 4.39 Å². The highest BCUT2D eigenvalue weighted by Gasteiger charge is 2.16. The van der Waals surface area contributed by atoms with E-state index in [1.54, 1.807) is 37.3 Å². The van der Waals surface area contributed by atoms with E-state index in [4.69, 9.17) is 23.2 Å². The van der Waals surface area contributed by atoms with Gasteiger partial charge in [0.25, 0.3) is 5.91 Å². The Morgan fingerprint density at radius 3 is 2.37 bits per heavy atom. The summed E-state index contributed by atoms with van der Waals surface area (Å²) in [6.07, 6.45) is 0. The number of carbonyl (C=O) groups excluding carboxylic acids is 2. The maximum atomic E-state index is 13.0. The van der Waals surface area contributed by atoms with E-state index in [1.165, 1.54) is 42.1 Å². The van der Waals surface area contributed by atoms with Crippen molar-refractivity contribution in [2.24, 2.45) is 0 Å². The molecule has 0 spiro atoms. The summed E-state index contributed by atoms with van der Waals surface area (Å²) in [6.45, 7) is 1.77. The zero-order valence-electron chi connectivity index (χ0n) is 15.8. The molecule has 0 saturated carbocycles. The van der Waals surface area contributed by atoms with Crippen LogP contribution in [0, 0.1) is 5.82 Å². The van der Waals surface area contributed by atoms with Gasteiger partial charge < -0.3 is 10.6 Å². The van der Waals surface area contributed by atoms with E-state index in [2.05, 4.69) is 10.6 Å². The van der Waals surface area contributed by atoms with Gasteiger partial charge in [0.05, 0.1) is 15.8 Å². The quantitative estimate of drug-likeness (QED) is 0.410. The molecule has 30 heavy (non-hydrogen) atoms. The molecule has 8 heteroatoms. The summed E-state index contributed by atoms with van der Waals surface area (Å²) < 4.78 is 13.0. The molecule has 2 N–H and O–H groups in total. The fourth-order valence-electron chi connectivity index (χ4n) is 2.55. The second kappa shape index (κ2) is 9.98. The van der Waals surface area contributed by atoms with E-state index in [-0.39, 0.29) is 22.7 Å². The number of nitrogens with one attached hydrogen (secondary N) is 2. The lowest BCUT2D eigenvalue weighted by atomic mass is 10.2. The largest absolute Gasteiger partial charge is 0.325 e. The number of halogens is 3. The zero-order chi connectivity index (χ0) is 21.7. The molecule has 0 heterocycles. The molecule has 0 aromatic heterocycles. The molecule has 0 fully saturated rings. The van der Waals surface area contributed by atoms with Gasteiger partial charge in [0.15, 0.2) is 0 Å². The Labute approximate surface area is 187 Å². The molecule has 0 radical (unpaired) electrons. The third-order valence-corrected chi connectivity index (χ3v) is 5.70. The number of thioether (sulfide) groups is 1. The third-order valence-electron chi connectivity index (χ3n) is 4.06. The number of amides is 2. The smallest absolute Gasteiger partial charge is 0.257 e. The molecule has 2 amide bonds. The van der Waals surface area contributed by atoms with Gasteiger partial charge >= 0.3 is 0 Å². The van der Waals surface area contributed by atoms with Gasteiger partial charge in [-0.1, -0.05) is 29.3 Å². The number of hydrogen-bond acceptors (Lipinski definition) is 3. The van der Waals surface area contributed by atoms with Crippen molar-refractivity contribution in [2.45, 2.75) is 17.1 Å². The van der Waals surface area contributed by atoms with Crippen molar-refractivity contribution < 1.29 is 14.0 Å². The standard InChI is InChI=1S/C22H17Cl2FN2O2S/c1-13(21(28)26-16-8-6-15(25)7-9-16)30-18-4-2-3-17(12-18)27-22(29)19-10-5-14(23)11-20(19)24/h2-13H,1H3,(H,26,28)(H,27,29). The van der Waals surface area contributed by atoms with Gasteiger partial charge in [0.2, 0.25) is 5.91 Å². The van der Waals surface area contributed by atoms with Gasteiger partial charge in [-0.3, -0.25) is 9.59 Å². The van der Waals surface area contributed by atoms with Gasteiger partial charge in [-0.2, -0.15) is 0 Å². The number of rotatable bonds is 6. The van der Waals surface area contributed by atoms with E-state index in [9.17, 15) is 14.0 Å². The fraction of sp³-hybridized carbons (Fsp3) is 0.0909. The molecule has 0 saturated heterocycles. The zero-order valence-corrected chi connectivity index (χ0v) is 18.1. The molecule has 154 valence electrons. The second-order valence-corrected chi connectivity index (χ2v) is 8.62. The van der Waals surface area contributed by atoms with Crippen LogP contribution >= 0.6 is 35.0 Å². The van der Waals surface area contributed by atoms with Gasteiger partial charge in [-0.05, 0) is 67.6 Å². The van der Waals surface area contributed by atoms with Crippen molar-refractivity contribution in [3.63, 3.8) is 0 Å². The molecule has 3 aromatic carbocycles. The normalized spacial score (nSPS) is 11.6. The number of carbonyl (C=O) groups is 2. The maximum Gasteiger partial charge on any atom is 0.257 e. The van der Waals surface area contributed by atoms with Crippen LogP contribution in [0.3, 0.4) is 0 Å². The average Bonchev–Trinajstić information content (AvgIpc) is 2.69. The Morgan fingerprint density at radius 1 is 0.933 bits per heavy atom. The lowest BCUT2D eigenvalue weighted by Gasteiger charge is -2.13. The van der Waals surface area contributed by atoms with Crippen LogP contribution < -0.4 is 10.6 Å². The van der Waals surface area contributed by atoms with Crippen LogP contribution in [0.5, 0.6) is 0 Å². The number of hydrogen-bond donors (Lipinski definition) is 2. The summed E-state index contributed by atoms with van der Waals surface area (Å²) in [5, 5.41) is 5.83. The molecular weight excluding hydrogens is 446 g/mol. The molecule has 1 unspecified atom stereocenters. The summed E-state index contributed by atoms with van der Waals surface area (Å²) in [4.78, 5) is 25.7. The molecule has 4 nitrogen and oxygen atoms in total. The van der Waals surface area contributed by atoms with Gasteiger partial charge in [0.1, 0.15) is 5.82 Å². The fourth-order valence-corrected chi connectivity index (χ4v) is 3.97. The minimum atomic E-state index is -0.410. The third kappa shape index (κ3) is 5.98. The highest BCUT2D eigenvalue weighted by molar-refractivity contribution is 8.00. The Kier molecular flexibility index (Phi) is 7.37. The van der Waals surface area contributed by atoms with Gasteiger partial charge in [0, 0.05) is 21.3 Å². The first-order chi connectivity index (χ1) is 14.3. The predicted octanol–water partition coefficient (Wildman–Crippen LogP) is 6.50. The highest BCUT2D eigenvalue weighted by atomic mass is 35.5. The second-order valence-electron chi connectivity index (χ2n) is 6.36. The Morgan fingerprint density at radius 2 is 1.67 bits per heavy atom. The molecule has 3 rings (SSSR count). The molecular formula is C22H17Cl2FN2O2S. The van der Waals surface area contributed by atoms with Crippen LogP contribution in [0.15, 0.2) is 71.6 Å². The van der Waals surface area contributed by atoms with Crippen LogP contribution in [-0.4, -0.2) is 17.1 Å². The summed E-state index contributed by atoms with van der Waals surface area (Å²) in [5.41, 5.74) is 1.41. The van der Waals surface area contributed by atoms with Crippen LogP contribution in [0.25, 0.3) is 0 Å². The van der Waals surface area contributed by atoms with E-state index >= 15 is 0 Å². The van der Waals surface area contributed by atoms with E-state index in [1.807, 2.05) is 6.07 Å². The Bertz CT molecular complexity index is 1080. The van der Waals surface area contributed by atoms with Crippen molar-refractivity contribution in [1.82, 2.24) is 0 Å². The SMILES string of the molecule is CC(Sc1cccc(NC(=O)c2ccc(Cl)cc2Cl)c1)C(=O)Nc1ccc(F)cc1. The predicted molar refractivity (Wildman–Crippen MR) is 121 cm³/mol. The minimum absolute atomic E-state index is 0.214. The lowest BCUT2D eigenvalue weighted by Crippen LogP contribution is -2.22. The van der Waals surface area contributed by atoms with Crippen molar-refractivity contribution >= 4 is 58.2 Å². The topological polar surface area (TPSA) is 58.2 Å². The van der Waals surface area contributed by atoms with Crippen LogP contribution in [-0.2, 0) is 4.79 Å². The molecule has 0 aliphatic rings. The Hall–Kier alpha value is -2.54. The highest BCUT2D eigenvalue weighted by Crippen LogP contribution is 2.28. The number of anilines is 2. The van der Waals surface area contributed by atoms with Crippen molar-refractivity contribution in [2.75, 3.05) is 10.6 Å². The van der Waals surface area contributed by atoms with Crippen LogP contribution in [0.1, 0.15) is 17.3 Å². The first-order valence-corrected chi connectivity index (χ1v) is 10.5. The average molecular weight is 463 g/mol. The summed E-state index contributed by atoms with van der Waals surface area (Å²) in [6, 6.07) is 17.4. The maximum absolute atomic E-state index is 13.0. The first-order valence-electron chi connectivity index (χ1n) is 8.91. The monoisotopic (exact) mass is 462 g/mol. The van der Waals surface area contributed by atoms with Crippen LogP contribution in [0.2, 0.25) is 10.0 Å². The van der Waals surface area contributed by atoms with Crippen molar-refractivity contribution in [1.29, 1.82) is 0 Å². The molecule has 0 bridgehead atoms. The lowest BCUT2D eigenvalue weighted by molar-refractivity contribution is -0.115. The Balaban J connectivity index is 1.63. The number of benzene rings is 3. The van der Waals surface area contributed by atoms with Crippen molar-refractivity contribution in [3.8, 4) is 0 Å². The minimum Gasteiger partial charge on any atom is -0.325 e.